The first kappa shape index (κ1) is 12.6. The topological polar surface area (TPSA) is 64.7 Å². The molecular weight excluding hydrogens is 276 g/mol. The number of nitrogen functional groups attached to an aromatic ring is 1. The van der Waals surface area contributed by atoms with Crippen LogP contribution in [0.25, 0.3) is 0 Å². The molecule has 17 heavy (non-hydrogen) atoms. The Kier molecular flexibility index (Phi) is 3.86. The predicted molar refractivity (Wildman–Crippen MR) is 72.6 cm³/mol. The molecule has 0 fully saturated rings. The van der Waals surface area contributed by atoms with Crippen LogP contribution in [0.15, 0.2) is 10.3 Å². The third-order valence-electron chi connectivity index (χ3n) is 1.97. The fraction of sp³-hybridized carbons (Fsp3) is 0.300. The number of hydrogen-bond donors (Lipinski definition) is 1. The zero-order chi connectivity index (χ0) is 12.4. The third kappa shape index (κ3) is 3.31. The van der Waals surface area contributed by atoms with E-state index in [1.165, 1.54) is 11.3 Å². The van der Waals surface area contributed by atoms with E-state index in [0.717, 1.165) is 21.4 Å². The Balaban J connectivity index is 2.09. The molecule has 2 aromatic heterocycles. The summed E-state index contributed by atoms with van der Waals surface area (Å²) in [5.41, 5.74) is 7.47. The van der Waals surface area contributed by atoms with Crippen LogP contribution in [-0.4, -0.2) is 15.0 Å². The number of hydrogen-bond acceptors (Lipinski definition) is 6. The van der Waals surface area contributed by atoms with Crippen LogP contribution in [0.5, 0.6) is 0 Å². The van der Waals surface area contributed by atoms with E-state index >= 15 is 0 Å². The molecule has 2 heterocycles. The molecule has 0 saturated carbocycles. The predicted octanol–water partition coefficient (Wildman–Crippen LogP) is 3.08. The average molecular weight is 287 g/mol. The molecule has 4 nitrogen and oxygen atoms in total. The number of aryl methyl sites for hydroxylation is 2. The lowest BCUT2D eigenvalue weighted by molar-refractivity contribution is 0.996. The van der Waals surface area contributed by atoms with Crippen LogP contribution >= 0.6 is 34.7 Å². The first-order valence-electron chi connectivity index (χ1n) is 4.90. The number of anilines is 1. The van der Waals surface area contributed by atoms with E-state index in [9.17, 15) is 0 Å². The van der Waals surface area contributed by atoms with E-state index in [1.54, 1.807) is 17.8 Å². The SMILES string of the molecule is Cc1cc(Cl)nc(CSc2sc(N)nc2C)n1. The van der Waals surface area contributed by atoms with Crippen molar-refractivity contribution in [2.75, 3.05) is 5.73 Å². The highest BCUT2D eigenvalue weighted by Gasteiger charge is 2.08. The van der Waals surface area contributed by atoms with Crippen LogP contribution < -0.4 is 5.73 Å². The van der Waals surface area contributed by atoms with Crippen molar-refractivity contribution < 1.29 is 0 Å². The van der Waals surface area contributed by atoms with E-state index in [1.807, 2.05) is 13.8 Å². The van der Waals surface area contributed by atoms with Gasteiger partial charge in [-0.1, -0.05) is 22.9 Å². The fourth-order valence-electron chi connectivity index (χ4n) is 1.32. The first-order chi connectivity index (χ1) is 8.04. The highest BCUT2D eigenvalue weighted by Crippen LogP contribution is 2.32. The van der Waals surface area contributed by atoms with E-state index in [0.29, 0.717) is 16.0 Å². The molecule has 0 aliphatic rings. The molecule has 0 unspecified atom stereocenters. The van der Waals surface area contributed by atoms with Gasteiger partial charge in [0.1, 0.15) is 11.0 Å². The largest absolute Gasteiger partial charge is 0.375 e. The summed E-state index contributed by atoms with van der Waals surface area (Å²) in [6.07, 6.45) is 0. The number of rotatable bonds is 3. The lowest BCUT2D eigenvalue weighted by atomic mass is 10.4. The maximum absolute atomic E-state index is 5.88. The van der Waals surface area contributed by atoms with Crippen LogP contribution in [0, 0.1) is 13.8 Å². The minimum atomic E-state index is 0.480. The number of halogens is 1. The average Bonchev–Trinajstić information content (AvgIpc) is 2.53. The summed E-state index contributed by atoms with van der Waals surface area (Å²) < 4.78 is 1.10. The maximum atomic E-state index is 5.88. The Hall–Kier alpha value is -0.850. The van der Waals surface area contributed by atoms with Gasteiger partial charge in [0.05, 0.1) is 15.7 Å². The van der Waals surface area contributed by atoms with Crippen molar-refractivity contribution in [3.8, 4) is 0 Å². The zero-order valence-electron chi connectivity index (χ0n) is 9.40. The summed E-state index contributed by atoms with van der Waals surface area (Å²) in [4.78, 5) is 12.7. The van der Waals surface area contributed by atoms with Gasteiger partial charge < -0.3 is 5.73 Å². The van der Waals surface area contributed by atoms with Gasteiger partial charge in [-0.05, 0) is 19.9 Å². The first-order valence-corrected chi connectivity index (χ1v) is 7.08. The molecule has 0 radical (unpaired) electrons. The standard InChI is InChI=1S/C10H11ClN4S2/c1-5-3-7(11)15-8(13-5)4-16-9-6(2)14-10(12)17-9/h3H,4H2,1-2H3,(H2,12,14). The number of nitrogens with two attached hydrogens (primary N) is 1. The van der Waals surface area contributed by atoms with Crippen LogP contribution in [0.2, 0.25) is 5.15 Å². The monoisotopic (exact) mass is 286 g/mol. The van der Waals surface area contributed by atoms with Gasteiger partial charge in [-0.25, -0.2) is 15.0 Å². The molecule has 2 rings (SSSR count). The Morgan fingerprint density at radius 2 is 2.12 bits per heavy atom. The van der Waals surface area contributed by atoms with Crippen LogP contribution in [0.1, 0.15) is 17.2 Å². The van der Waals surface area contributed by atoms with Gasteiger partial charge in [-0.2, -0.15) is 0 Å². The molecule has 0 aromatic carbocycles. The second-order valence-corrected chi connectivity index (χ2v) is 6.12. The van der Waals surface area contributed by atoms with Gasteiger partial charge in [-0.15, -0.1) is 11.8 Å². The van der Waals surface area contributed by atoms with Crippen molar-refractivity contribution in [3.63, 3.8) is 0 Å². The molecule has 0 amide bonds. The highest BCUT2D eigenvalue weighted by molar-refractivity contribution is 8.00. The van der Waals surface area contributed by atoms with Gasteiger partial charge in [0, 0.05) is 5.69 Å². The fourth-order valence-corrected chi connectivity index (χ4v) is 3.45. The second-order valence-electron chi connectivity index (χ2n) is 3.46. The summed E-state index contributed by atoms with van der Waals surface area (Å²) in [5, 5.41) is 1.07. The van der Waals surface area contributed by atoms with Crippen molar-refractivity contribution in [1.82, 2.24) is 15.0 Å². The molecule has 7 heteroatoms. The molecule has 0 bridgehead atoms. The van der Waals surface area contributed by atoms with Gasteiger partial charge >= 0.3 is 0 Å². The lowest BCUT2D eigenvalue weighted by Crippen LogP contribution is -1.95. The molecule has 0 atom stereocenters. The third-order valence-corrected chi connectivity index (χ3v) is 4.51. The van der Waals surface area contributed by atoms with Gasteiger partial charge in [0.2, 0.25) is 0 Å². The normalized spacial score (nSPS) is 10.8. The number of aromatic nitrogens is 3. The molecule has 2 aromatic rings. The van der Waals surface area contributed by atoms with E-state index in [4.69, 9.17) is 17.3 Å². The summed E-state index contributed by atoms with van der Waals surface area (Å²) in [6.45, 7) is 3.84. The highest BCUT2D eigenvalue weighted by atomic mass is 35.5. The minimum Gasteiger partial charge on any atom is -0.375 e. The van der Waals surface area contributed by atoms with Crippen molar-refractivity contribution in [3.05, 3.63) is 28.4 Å². The molecular formula is C10H11ClN4S2. The molecule has 0 spiro atoms. The summed E-state index contributed by atoms with van der Waals surface area (Å²) in [6, 6.07) is 1.74. The Morgan fingerprint density at radius 3 is 2.71 bits per heavy atom. The van der Waals surface area contributed by atoms with E-state index in [2.05, 4.69) is 15.0 Å². The van der Waals surface area contributed by atoms with Crippen LogP contribution in [0.4, 0.5) is 5.13 Å². The molecule has 2 N–H and O–H groups in total. The van der Waals surface area contributed by atoms with Crippen LogP contribution in [-0.2, 0) is 5.75 Å². The van der Waals surface area contributed by atoms with Crippen molar-refractivity contribution >= 4 is 39.8 Å². The summed E-state index contributed by atoms with van der Waals surface area (Å²) in [5.74, 6) is 1.40. The van der Waals surface area contributed by atoms with Crippen molar-refractivity contribution in [2.24, 2.45) is 0 Å². The quantitative estimate of drug-likeness (QED) is 0.694. The molecule has 0 aliphatic heterocycles. The zero-order valence-corrected chi connectivity index (χ0v) is 11.8. The maximum Gasteiger partial charge on any atom is 0.181 e. The van der Waals surface area contributed by atoms with Crippen molar-refractivity contribution in [2.45, 2.75) is 23.8 Å². The smallest absolute Gasteiger partial charge is 0.181 e. The Labute approximate surface area is 113 Å². The Morgan fingerprint density at radius 1 is 1.35 bits per heavy atom. The molecule has 0 aliphatic carbocycles. The van der Waals surface area contributed by atoms with E-state index in [-0.39, 0.29) is 0 Å². The summed E-state index contributed by atoms with van der Waals surface area (Å²) in [7, 11) is 0. The van der Waals surface area contributed by atoms with Crippen LogP contribution in [0.3, 0.4) is 0 Å². The van der Waals surface area contributed by atoms with Crippen molar-refractivity contribution in [1.29, 1.82) is 0 Å². The van der Waals surface area contributed by atoms with Gasteiger partial charge in [0.15, 0.2) is 5.13 Å². The number of nitrogens with zero attached hydrogens (tertiary/aromatic N) is 3. The number of thioether (sulfide) groups is 1. The Bertz CT molecular complexity index is 521. The van der Waals surface area contributed by atoms with E-state index < -0.39 is 0 Å². The van der Waals surface area contributed by atoms with Gasteiger partial charge in [0.25, 0.3) is 0 Å². The number of thiazole rings is 1. The molecule has 90 valence electrons. The lowest BCUT2D eigenvalue weighted by Gasteiger charge is -2.01. The minimum absolute atomic E-state index is 0.480. The summed E-state index contributed by atoms with van der Waals surface area (Å²) >= 11 is 8.99. The second kappa shape index (κ2) is 5.20. The van der Waals surface area contributed by atoms with Gasteiger partial charge in [-0.3, -0.25) is 0 Å². The molecule has 0 saturated heterocycles.